The third kappa shape index (κ3) is 5.12. The van der Waals surface area contributed by atoms with Crippen molar-refractivity contribution in [1.82, 2.24) is 0 Å². The van der Waals surface area contributed by atoms with Crippen LogP contribution in [0.3, 0.4) is 0 Å². The first-order chi connectivity index (χ1) is 17.7. The summed E-state index contributed by atoms with van der Waals surface area (Å²) in [5.41, 5.74) is 6.41. The van der Waals surface area contributed by atoms with Gasteiger partial charge in [0, 0.05) is 0 Å². The first-order valence-electron chi connectivity index (χ1n) is 13.3. The second kappa shape index (κ2) is 9.68. The van der Waals surface area contributed by atoms with Gasteiger partial charge in [0.2, 0.25) is 0 Å². The van der Waals surface area contributed by atoms with Gasteiger partial charge in [-0.1, -0.05) is 132 Å². The van der Waals surface area contributed by atoms with E-state index >= 15 is 0 Å². The average molecular weight is 572 g/mol. The first kappa shape index (κ1) is 27.2. The van der Waals surface area contributed by atoms with E-state index in [0.717, 1.165) is 0 Å². The van der Waals surface area contributed by atoms with Gasteiger partial charge >= 0.3 is 0 Å². The highest BCUT2D eigenvalue weighted by Gasteiger charge is 2.24. The smallest absolute Gasteiger partial charge is 0.162 e. The highest BCUT2D eigenvalue weighted by atomic mass is 35.6. The van der Waals surface area contributed by atoms with Gasteiger partial charge in [-0.25, -0.2) is 0 Å². The standard InChI is InChI=1S/C34H36Cl2Si2/c1-34(2,3)25-16-21-30-31(22-25)33(24-14-19-27(20-15-24)38(6,7)36)29-11-9-8-10-28(29)32(30)23-12-17-26(18-13-23)37(4,5)35/h8-22H,1-7H3. The maximum Gasteiger partial charge on any atom is 0.180 e. The topological polar surface area (TPSA) is 0 Å². The number of hydrogen-bond donors (Lipinski definition) is 0. The Hall–Kier alpha value is -2.37. The predicted molar refractivity (Wildman–Crippen MR) is 177 cm³/mol. The largest absolute Gasteiger partial charge is 0.180 e. The van der Waals surface area contributed by atoms with Crippen LogP contribution in [-0.4, -0.2) is 14.8 Å². The number of fused-ring (bicyclic) bond motifs is 2. The molecule has 38 heavy (non-hydrogen) atoms. The van der Waals surface area contributed by atoms with Gasteiger partial charge < -0.3 is 0 Å². The second-order valence-corrected chi connectivity index (χ2v) is 25.1. The molecule has 0 aromatic heterocycles. The van der Waals surface area contributed by atoms with Crippen LogP contribution in [0.4, 0.5) is 0 Å². The molecule has 194 valence electrons. The molecule has 0 nitrogen and oxygen atoms in total. The molecule has 0 radical (unpaired) electrons. The molecule has 0 aliphatic carbocycles. The lowest BCUT2D eigenvalue weighted by Crippen LogP contribution is -2.34. The predicted octanol–water partition coefficient (Wildman–Crippen LogP) is 9.93. The fourth-order valence-corrected chi connectivity index (χ4v) is 8.01. The van der Waals surface area contributed by atoms with Crippen LogP contribution in [0.2, 0.25) is 26.2 Å². The van der Waals surface area contributed by atoms with Crippen molar-refractivity contribution in [3.8, 4) is 22.3 Å². The molecule has 0 aliphatic heterocycles. The minimum absolute atomic E-state index is 0.0492. The molecular weight excluding hydrogens is 535 g/mol. The molecular formula is C34H36Cl2Si2. The minimum Gasteiger partial charge on any atom is -0.162 e. The quantitative estimate of drug-likeness (QED) is 0.114. The first-order valence-corrected chi connectivity index (χ1v) is 21.4. The molecule has 0 heterocycles. The van der Waals surface area contributed by atoms with Crippen molar-refractivity contribution in [2.24, 2.45) is 0 Å². The van der Waals surface area contributed by atoms with E-state index in [-0.39, 0.29) is 5.41 Å². The zero-order valence-corrected chi connectivity index (χ0v) is 26.9. The molecule has 0 amide bonds. The fourth-order valence-electron chi connectivity index (χ4n) is 5.33. The number of hydrogen-bond acceptors (Lipinski definition) is 0. The number of rotatable bonds is 4. The third-order valence-corrected chi connectivity index (χ3v) is 12.3. The molecule has 0 saturated carbocycles. The highest BCUT2D eigenvalue weighted by molar-refractivity contribution is 7.26. The molecule has 0 bridgehead atoms. The van der Waals surface area contributed by atoms with E-state index in [0.29, 0.717) is 0 Å². The van der Waals surface area contributed by atoms with Crippen LogP contribution in [0.25, 0.3) is 43.8 Å². The van der Waals surface area contributed by atoms with Gasteiger partial charge in [0.15, 0.2) is 14.8 Å². The normalized spacial score (nSPS) is 12.9. The maximum atomic E-state index is 6.78. The van der Waals surface area contributed by atoms with Crippen LogP contribution in [0.5, 0.6) is 0 Å². The molecule has 0 unspecified atom stereocenters. The summed E-state index contributed by atoms with van der Waals surface area (Å²) in [5.74, 6) is 0. The van der Waals surface area contributed by atoms with Gasteiger partial charge in [0.25, 0.3) is 0 Å². The summed E-state index contributed by atoms with van der Waals surface area (Å²) in [6.45, 7) is 15.6. The summed E-state index contributed by atoms with van der Waals surface area (Å²) < 4.78 is 0. The van der Waals surface area contributed by atoms with Crippen LogP contribution < -0.4 is 10.4 Å². The van der Waals surface area contributed by atoms with E-state index < -0.39 is 14.8 Å². The molecule has 0 aliphatic rings. The molecule has 0 spiro atoms. The molecule has 0 fully saturated rings. The van der Waals surface area contributed by atoms with Gasteiger partial charge in [-0.3, -0.25) is 0 Å². The molecule has 5 rings (SSSR count). The van der Waals surface area contributed by atoms with Crippen molar-refractivity contribution in [1.29, 1.82) is 0 Å². The summed E-state index contributed by atoms with van der Waals surface area (Å²) in [6, 6.07) is 33.8. The van der Waals surface area contributed by atoms with Crippen molar-refractivity contribution in [2.75, 3.05) is 0 Å². The van der Waals surface area contributed by atoms with Crippen LogP contribution in [-0.2, 0) is 5.41 Å². The Bertz CT molecular complexity index is 1630. The lowest BCUT2D eigenvalue weighted by atomic mass is 9.81. The van der Waals surface area contributed by atoms with Gasteiger partial charge in [-0.15, -0.1) is 0 Å². The monoisotopic (exact) mass is 570 g/mol. The SMILES string of the molecule is CC(C)(C)c1ccc2c(-c3ccc([Si](C)(C)Cl)cc3)c3ccccc3c(-c3ccc([Si](C)(C)Cl)cc3)c2c1. The zero-order valence-electron chi connectivity index (χ0n) is 23.4. The summed E-state index contributed by atoms with van der Waals surface area (Å²) in [4.78, 5) is 0. The molecule has 0 saturated heterocycles. The zero-order chi connectivity index (χ0) is 27.5. The van der Waals surface area contributed by atoms with E-state index in [1.807, 2.05) is 0 Å². The van der Waals surface area contributed by atoms with Gasteiger partial charge in [-0.05, 0) is 71.2 Å². The van der Waals surface area contributed by atoms with E-state index in [1.165, 1.54) is 59.7 Å². The third-order valence-electron chi connectivity index (χ3n) is 7.61. The van der Waals surface area contributed by atoms with Crippen LogP contribution >= 0.6 is 22.2 Å². The Labute approximate surface area is 239 Å². The molecule has 0 N–H and O–H groups in total. The van der Waals surface area contributed by atoms with Crippen LogP contribution in [0.15, 0.2) is 91.0 Å². The van der Waals surface area contributed by atoms with Crippen LogP contribution in [0, 0.1) is 0 Å². The summed E-state index contributed by atoms with van der Waals surface area (Å²) in [5, 5.41) is 7.62. The Balaban J connectivity index is 1.87. The highest BCUT2D eigenvalue weighted by Crippen LogP contribution is 2.44. The van der Waals surface area contributed by atoms with Crippen molar-refractivity contribution in [3.63, 3.8) is 0 Å². The Morgan fingerprint density at radius 3 is 1.29 bits per heavy atom. The van der Waals surface area contributed by atoms with Crippen molar-refractivity contribution in [3.05, 3.63) is 96.6 Å². The number of benzene rings is 5. The van der Waals surface area contributed by atoms with E-state index in [1.54, 1.807) is 0 Å². The lowest BCUT2D eigenvalue weighted by Gasteiger charge is -2.23. The molecule has 5 aromatic carbocycles. The van der Waals surface area contributed by atoms with E-state index in [2.05, 4.69) is 138 Å². The maximum absolute atomic E-state index is 6.78. The number of halogens is 2. The van der Waals surface area contributed by atoms with Crippen LogP contribution in [0.1, 0.15) is 26.3 Å². The van der Waals surface area contributed by atoms with Crippen molar-refractivity contribution in [2.45, 2.75) is 52.4 Å². The summed E-state index contributed by atoms with van der Waals surface area (Å²) >= 11 is 13.5. The Morgan fingerprint density at radius 2 is 0.895 bits per heavy atom. The summed E-state index contributed by atoms with van der Waals surface area (Å²) in [6.07, 6.45) is 0. The fraction of sp³-hybridized carbons (Fsp3) is 0.235. The average Bonchev–Trinajstić information content (AvgIpc) is 2.85. The second-order valence-electron chi connectivity index (χ2n) is 12.4. The van der Waals surface area contributed by atoms with Crippen molar-refractivity contribution >= 4 is 68.8 Å². The molecule has 0 atom stereocenters. The Morgan fingerprint density at radius 1 is 0.500 bits per heavy atom. The van der Waals surface area contributed by atoms with Gasteiger partial charge in [0.05, 0.1) is 0 Å². The van der Waals surface area contributed by atoms with E-state index in [9.17, 15) is 0 Å². The van der Waals surface area contributed by atoms with Gasteiger partial charge in [-0.2, -0.15) is 22.2 Å². The molecule has 4 heteroatoms. The van der Waals surface area contributed by atoms with E-state index in [4.69, 9.17) is 22.2 Å². The minimum atomic E-state index is -1.90. The van der Waals surface area contributed by atoms with Crippen molar-refractivity contribution < 1.29 is 0 Å². The lowest BCUT2D eigenvalue weighted by molar-refractivity contribution is 0.591. The van der Waals surface area contributed by atoms with Gasteiger partial charge in [0.1, 0.15) is 0 Å². The summed E-state index contributed by atoms with van der Waals surface area (Å²) in [7, 11) is -3.80. The molecule has 5 aromatic rings. The Kier molecular flexibility index (Phi) is 6.93.